The summed E-state index contributed by atoms with van der Waals surface area (Å²) >= 11 is 0. The van der Waals surface area contributed by atoms with Gasteiger partial charge in [0.25, 0.3) is 5.91 Å². The van der Waals surface area contributed by atoms with Gasteiger partial charge in [0, 0.05) is 13.0 Å². The summed E-state index contributed by atoms with van der Waals surface area (Å²) < 4.78 is 44.2. The number of hydrogen-bond acceptors (Lipinski definition) is 5. The molecule has 1 aromatic rings. The van der Waals surface area contributed by atoms with E-state index >= 15 is 0 Å². The third-order valence-corrected chi connectivity index (χ3v) is 4.11. The van der Waals surface area contributed by atoms with Gasteiger partial charge in [0.2, 0.25) is 11.8 Å². The summed E-state index contributed by atoms with van der Waals surface area (Å²) in [5, 5.41) is 4.10. The van der Waals surface area contributed by atoms with Gasteiger partial charge in [-0.25, -0.2) is 13.2 Å². The number of benzene rings is 1. The maximum absolute atomic E-state index is 13.5. The molecular formula is C18H20F3N3O5. The number of ether oxygens (including phenoxy) is 1. The van der Waals surface area contributed by atoms with Crippen LogP contribution < -0.4 is 10.6 Å². The highest BCUT2D eigenvalue weighted by Crippen LogP contribution is 2.19. The topological polar surface area (TPSA) is 105 Å². The fourth-order valence-electron chi connectivity index (χ4n) is 2.60. The van der Waals surface area contributed by atoms with E-state index in [9.17, 15) is 32.3 Å². The van der Waals surface area contributed by atoms with Crippen LogP contribution in [0.4, 0.5) is 18.9 Å². The van der Waals surface area contributed by atoms with Crippen molar-refractivity contribution in [2.45, 2.75) is 25.7 Å². The quantitative estimate of drug-likeness (QED) is 0.513. The molecule has 0 atom stereocenters. The summed E-state index contributed by atoms with van der Waals surface area (Å²) in [4.78, 5) is 48.3. The Kier molecular flexibility index (Phi) is 7.98. The average molecular weight is 415 g/mol. The van der Waals surface area contributed by atoms with Gasteiger partial charge in [-0.15, -0.1) is 0 Å². The summed E-state index contributed by atoms with van der Waals surface area (Å²) in [7, 11) is 0. The number of carbonyl (C=O) groups is 4. The lowest BCUT2D eigenvalue weighted by Crippen LogP contribution is -2.38. The molecule has 158 valence electrons. The molecular weight excluding hydrogens is 395 g/mol. The minimum Gasteiger partial charge on any atom is -0.454 e. The van der Waals surface area contributed by atoms with Crippen LogP contribution in [0, 0.1) is 17.5 Å². The highest BCUT2D eigenvalue weighted by Gasteiger charge is 2.20. The number of halogens is 3. The molecule has 0 spiro atoms. The third-order valence-electron chi connectivity index (χ3n) is 4.11. The van der Waals surface area contributed by atoms with E-state index in [0.29, 0.717) is 19.0 Å². The molecule has 3 amide bonds. The van der Waals surface area contributed by atoms with E-state index in [0.717, 1.165) is 25.3 Å². The lowest BCUT2D eigenvalue weighted by molar-refractivity contribution is -0.152. The molecule has 0 unspecified atom stereocenters. The van der Waals surface area contributed by atoms with Gasteiger partial charge in [0.1, 0.15) is 6.54 Å². The van der Waals surface area contributed by atoms with Crippen LogP contribution in [0.5, 0.6) is 0 Å². The van der Waals surface area contributed by atoms with Crippen molar-refractivity contribution in [3.8, 4) is 0 Å². The second-order valence-corrected chi connectivity index (χ2v) is 6.33. The minimum atomic E-state index is -1.73. The molecule has 1 fully saturated rings. The molecule has 29 heavy (non-hydrogen) atoms. The molecule has 1 saturated heterocycles. The Balaban J connectivity index is 1.71. The molecule has 0 saturated carbocycles. The Labute approximate surface area is 164 Å². The standard InChI is InChI=1S/C18H20F3N3O5/c19-11-5-6-12(18(21)17(11)20)23-13(25)8-22-14(26)10-29-16(28)9-24-7-3-1-2-4-15(24)27/h5-6H,1-4,7-10H2,(H,22,26)(H,23,25). The molecule has 8 nitrogen and oxygen atoms in total. The van der Waals surface area contributed by atoms with Crippen molar-refractivity contribution >= 4 is 29.4 Å². The van der Waals surface area contributed by atoms with Crippen molar-refractivity contribution in [2.75, 3.05) is 31.6 Å². The smallest absolute Gasteiger partial charge is 0.326 e. The summed E-state index contributed by atoms with van der Waals surface area (Å²) in [6.45, 7) is -1.10. The highest BCUT2D eigenvalue weighted by atomic mass is 19.2. The van der Waals surface area contributed by atoms with Crippen molar-refractivity contribution in [3.05, 3.63) is 29.6 Å². The van der Waals surface area contributed by atoms with E-state index in [1.54, 1.807) is 0 Å². The highest BCUT2D eigenvalue weighted by molar-refractivity contribution is 5.95. The molecule has 1 aromatic carbocycles. The first-order valence-corrected chi connectivity index (χ1v) is 8.91. The van der Waals surface area contributed by atoms with E-state index in [2.05, 4.69) is 5.32 Å². The van der Waals surface area contributed by atoms with Crippen LogP contribution in [-0.4, -0.2) is 54.8 Å². The van der Waals surface area contributed by atoms with Gasteiger partial charge in [0.05, 0.1) is 12.2 Å². The van der Waals surface area contributed by atoms with Gasteiger partial charge in [-0.2, -0.15) is 0 Å². The van der Waals surface area contributed by atoms with Crippen molar-refractivity contribution in [1.29, 1.82) is 0 Å². The number of nitrogens with zero attached hydrogens (tertiary/aromatic N) is 1. The van der Waals surface area contributed by atoms with E-state index in [4.69, 9.17) is 4.74 Å². The Morgan fingerprint density at radius 1 is 1.03 bits per heavy atom. The lowest BCUT2D eigenvalue weighted by Gasteiger charge is -2.19. The number of amides is 3. The zero-order chi connectivity index (χ0) is 21.4. The predicted molar refractivity (Wildman–Crippen MR) is 94.0 cm³/mol. The third kappa shape index (κ3) is 6.77. The van der Waals surface area contributed by atoms with E-state index in [1.807, 2.05) is 5.32 Å². The van der Waals surface area contributed by atoms with Gasteiger partial charge in [-0.1, -0.05) is 6.42 Å². The molecule has 2 N–H and O–H groups in total. The first-order chi connectivity index (χ1) is 13.8. The van der Waals surface area contributed by atoms with E-state index < -0.39 is 54.1 Å². The van der Waals surface area contributed by atoms with Crippen molar-refractivity contribution in [3.63, 3.8) is 0 Å². The summed E-state index contributed by atoms with van der Waals surface area (Å²) in [5.74, 6) is -7.32. The second-order valence-electron chi connectivity index (χ2n) is 6.33. The SMILES string of the molecule is O=C(COC(=O)CN1CCCCCC1=O)NCC(=O)Nc1ccc(F)c(F)c1F. The van der Waals surface area contributed by atoms with Crippen LogP contribution in [0.1, 0.15) is 25.7 Å². The van der Waals surface area contributed by atoms with Crippen molar-refractivity contribution in [1.82, 2.24) is 10.2 Å². The largest absolute Gasteiger partial charge is 0.454 e. The molecule has 1 heterocycles. The fraction of sp³-hybridized carbons (Fsp3) is 0.444. The number of anilines is 1. The minimum absolute atomic E-state index is 0.148. The molecule has 1 aliphatic heterocycles. The van der Waals surface area contributed by atoms with Crippen LogP contribution in [-0.2, 0) is 23.9 Å². The van der Waals surface area contributed by atoms with Crippen LogP contribution >= 0.6 is 0 Å². The monoisotopic (exact) mass is 415 g/mol. The summed E-state index contributed by atoms with van der Waals surface area (Å²) in [6, 6.07) is 1.47. The molecule has 2 rings (SSSR count). The first-order valence-electron chi connectivity index (χ1n) is 8.91. The van der Waals surface area contributed by atoms with Crippen LogP contribution in [0.25, 0.3) is 0 Å². The summed E-state index contributed by atoms with van der Waals surface area (Å²) in [6.07, 6.45) is 2.81. The number of esters is 1. The summed E-state index contributed by atoms with van der Waals surface area (Å²) in [5.41, 5.74) is -0.586. The average Bonchev–Trinajstić information content (AvgIpc) is 2.89. The Bertz CT molecular complexity index is 803. The van der Waals surface area contributed by atoms with Gasteiger partial charge in [-0.3, -0.25) is 19.2 Å². The molecule has 0 radical (unpaired) electrons. The number of rotatable bonds is 7. The Morgan fingerprint density at radius 3 is 2.55 bits per heavy atom. The number of carbonyl (C=O) groups excluding carboxylic acids is 4. The molecule has 11 heteroatoms. The first kappa shape index (κ1) is 22.2. The van der Waals surface area contributed by atoms with Crippen LogP contribution in [0.2, 0.25) is 0 Å². The van der Waals surface area contributed by atoms with Crippen molar-refractivity contribution < 1.29 is 37.1 Å². The van der Waals surface area contributed by atoms with Gasteiger partial charge >= 0.3 is 5.97 Å². The van der Waals surface area contributed by atoms with E-state index in [-0.39, 0.29) is 12.5 Å². The molecule has 1 aliphatic rings. The Morgan fingerprint density at radius 2 is 1.79 bits per heavy atom. The van der Waals surface area contributed by atoms with Crippen LogP contribution in [0.3, 0.4) is 0 Å². The normalized spacial score (nSPS) is 14.2. The predicted octanol–water partition coefficient (Wildman–Crippen LogP) is 1.10. The maximum Gasteiger partial charge on any atom is 0.326 e. The number of hydrogen-bond donors (Lipinski definition) is 2. The zero-order valence-corrected chi connectivity index (χ0v) is 15.4. The second kappa shape index (κ2) is 10.4. The van der Waals surface area contributed by atoms with Gasteiger partial charge < -0.3 is 20.3 Å². The fourth-order valence-corrected chi connectivity index (χ4v) is 2.60. The van der Waals surface area contributed by atoms with Gasteiger partial charge in [-0.05, 0) is 25.0 Å². The van der Waals surface area contributed by atoms with Crippen LogP contribution in [0.15, 0.2) is 12.1 Å². The Hall–Kier alpha value is -3.11. The van der Waals surface area contributed by atoms with Crippen molar-refractivity contribution in [2.24, 2.45) is 0 Å². The van der Waals surface area contributed by atoms with Gasteiger partial charge in [0.15, 0.2) is 24.1 Å². The maximum atomic E-state index is 13.5. The lowest BCUT2D eigenvalue weighted by atomic mass is 10.2. The molecule has 0 aromatic heterocycles. The zero-order valence-electron chi connectivity index (χ0n) is 15.4. The molecule has 0 aliphatic carbocycles. The number of likely N-dealkylation sites (tertiary alicyclic amines) is 1. The van der Waals surface area contributed by atoms with E-state index in [1.165, 1.54) is 4.90 Å². The number of nitrogens with one attached hydrogen (secondary N) is 2. The molecule has 0 bridgehead atoms.